The van der Waals surface area contributed by atoms with E-state index >= 15 is 0 Å². The Morgan fingerprint density at radius 1 is 0.857 bits per heavy atom. The summed E-state index contributed by atoms with van der Waals surface area (Å²) in [6.07, 6.45) is 7.55. The Balaban J connectivity index is 1.77. The van der Waals surface area contributed by atoms with Crippen molar-refractivity contribution >= 4 is 24.1 Å². The Morgan fingerprint density at radius 3 is 2.39 bits per heavy atom. The number of hydrogen-bond acceptors (Lipinski definition) is 2. The monoisotopic (exact) mass is 367 g/mol. The largest absolute Gasteiger partial charge is 0.357 e. The zero-order valence-corrected chi connectivity index (χ0v) is 16.2. The van der Waals surface area contributed by atoms with Gasteiger partial charge in [0.05, 0.1) is 0 Å². The molecule has 0 amide bonds. The molecule has 0 bridgehead atoms. The summed E-state index contributed by atoms with van der Waals surface area (Å²) < 4.78 is 0. The van der Waals surface area contributed by atoms with Crippen LogP contribution < -0.4 is 4.90 Å². The van der Waals surface area contributed by atoms with E-state index in [0.29, 0.717) is 0 Å². The average Bonchev–Trinajstić information content (AvgIpc) is 2.76. The van der Waals surface area contributed by atoms with Crippen molar-refractivity contribution in [2.45, 2.75) is 25.8 Å². The molecule has 4 rings (SSSR count). The highest BCUT2D eigenvalue weighted by Gasteiger charge is 2.30. The summed E-state index contributed by atoms with van der Waals surface area (Å²) in [6, 6.07) is 25.0. The number of hydrogen-bond donors (Lipinski definition) is 0. The summed E-state index contributed by atoms with van der Waals surface area (Å²) in [5, 5.41) is 0. The van der Waals surface area contributed by atoms with Crippen molar-refractivity contribution in [2.75, 3.05) is 11.4 Å². The molecule has 3 aromatic carbocycles. The van der Waals surface area contributed by atoms with Gasteiger partial charge in [0.25, 0.3) is 0 Å². The summed E-state index contributed by atoms with van der Waals surface area (Å²) in [5.74, 6) is 0. The number of aldehydes is 1. The molecule has 1 aliphatic heterocycles. The molecule has 2 nitrogen and oxygen atoms in total. The second-order valence-electron chi connectivity index (χ2n) is 7.24. The summed E-state index contributed by atoms with van der Waals surface area (Å²) >= 11 is 0. The fourth-order valence-electron chi connectivity index (χ4n) is 3.93. The second-order valence-corrected chi connectivity index (χ2v) is 7.24. The number of nitrogens with zero attached hydrogens (tertiary/aromatic N) is 1. The van der Waals surface area contributed by atoms with Crippen LogP contribution >= 0.6 is 0 Å². The lowest BCUT2D eigenvalue weighted by Crippen LogP contribution is -2.34. The van der Waals surface area contributed by atoms with Gasteiger partial charge in [-0.3, -0.25) is 0 Å². The molecule has 0 saturated carbocycles. The number of unbranched alkanes of at least 4 members (excludes halogenated alkanes) is 1. The molecule has 1 aliphatic rings. The van der Waals surface area contributed by atoms with Gasteiger partial charge in [-0.1, -0.05) is 86.2 Å². The fraction of sp³-hybridized carbons (Fsp3) is 0.192. The molecule has 0 radical (unpaired) electrons. The van der Waals surface area contributed by atoms with Crippen molar-refractivity contribution in [1.29, 1.82) is 0 Å². The Kier molecular flexibility index (Phi) is 5.38. The Labute approximate surface area is 167 Å². The van der Waals surface area contributed by atoms with Crippen LogP contribution in [0.3, 0.4) is 0 Å². The predicted octanol–water partition coefficient (Wildman–Crippen LogP) is 6.38. The SMILES string of the molecule is CCCCN1c2ccc(/C=C/c3ccccc3)cc2-c2ccccc2C1C=O. The van der Waals surface area contributed by atoms with E-state index < -0.39 is 0 Å². The maximum atomic E-state index is 12.0. The van der Waals surface area contributed by atoms with Crippen molar-refractivity contribution in [2.24, 2.45) is 0 Å². The number of anilines is 1. The molecule has 1 atom stereocenters. The standard InChI is InChI=1S/C26H25NO/c1-2-3-17-27-25-16-15-21(14-13-20-9-5-4-6-10-20)18-24(25)22-11-7-8-12-23(22)26(27)19-28/h4-16,18-19,26H,2-3,17H2,1H3/b14-13+. The molecule has 1 heterocycles. The van der Waals surface area contributed by atoms with Crippen molar-refractivity contribution in [3.63, 3.8) is 0 Å². The summed E-state index contributed by atoms with van der Waals surface area (Å²) in [4.78, 5) is 14.2. The van der Waals surface area contributed by atoms with Crippen molar-refractivity contribution in [3.05, 3.63) is 89.5 Å². The number of carbonyl (C=O) groups is 1. The molecule has 2 heteroatoms. The van der Waals surface area contributed by atoms with Crippen molar-refractivity contribution in [3.8, 4) is 11.1 Å². The molecule has 0 aliphatic carbocycles. The molecule has 0 N–H and O–H groups in total. The highest BCUT2D eigenvalue weighted by molar-refractivity contribution is 5.91. The molecule has 28 heavy (non-hydrogen) atoms. The Bertz CT molecular complexity index is 990. The van der Waals surface area contributed by atoms with Crippen LogP contribution in [0.5, 0.6) is 0 Å². The fourth-order valence-corrected chi connectivity index (χ4v) is 3.93. The molecule has 0 aromatic heterocycles. The van der Waals surface area contributed by atoms with Crippen LogP contribution in [0.2, 0.25) is 0 Å². The van der Waals surface area contributed by atoms with E-state index in [9.17, 15) is 4.79 Å². The van der Waals surface area contributed by atoms with Gasteiger partial charge in [-0.25, -0.2) is 0 Å². The Hall–Kier alpha value is -3.13. The van der Waals surface area contributed by atoms with Crippen molar-refractivity contribution in [1.82, 2.24) is 0 Å². The zero-order chi connectivity index (χ0) is 19.3. The molecule has 1 unspecified atom stereocenters. The average molecular weight is 367 g/mol. The lowest BCUT2D eigenvalue weighted by Gasteiger charge is -2.37. The number of carbonyl (C=O) groups excluding carboxylic acids is 1. The molecule has 0 fully saturated rings. The summed E-state index contributed by atoms with van der Waals surface area (Å²) in [5.41, 5.74) is 6.98. The quantitative estimate of drug-likeness (QED) is 0.372. The maximum absolute atomic E-state index is 12.0. The minimum absolute atomic E-state index is 0.207. The molecular formula is C26H25NO. The summed E-state index contributed by atoms with van der Waals surface area (Å²) in [6.45, 7) is 3.08. The van der Waals surface area contributed by atoms with E-state index in [1.807, 2.05) is 24.3 Å². The first-order chi connectivity index (χ1) is 13.8. The molecule has 0 spiro atoms. The van der Waals surface area contributed by atoms with Crippen molar-refractivity contribution < 1.29 is 4.79 Å². The van der Waals surface area contributed by atoms with Crippen LogP contribution in [0.4, 0.5) is 5.69 Å². The summed E-state index contributed by atoms with van der Waals surface area (Å²) in [7, 11) is 0. The molecule has 3 aromatic rings. The van der Waals surface area contributed by atoms with Crippen LogP contribution in [0.1, 0.15) is 42.5 Å². The highest BCUT2D eigenvalue weighted by Crippen LogP contribution is 2.44. The third-order valence-electron chi connectivity index (χ3n) is 5.38. The van der Waals surface area contributed by atoms with Gasteiger partial charge >= 0.3 is 0 Å². The van der Waals surface area contributed by atoms with Gasteiger partial charge in [-0.05, 0) is 40.8 Å². The number of fused-ring (bicyclic) bond motifs is 3. The van der Waals surface area contributed by atoms with Gasteiger partial charge in [-0.2, -0.15) is 0 Å². The van der Waals surface area contributed by atoms with Crippen LogP contribution in [0.15, 0.2) is 72.8 Å². The first-order valence-electron chi connectivity index (χ1n) is 10.00. The topological polar surface area (TPSA) is 20.3 Å². The van der Waals surface area contributed by atoms with E-state index in [0.717, 1.165) is 48.1 Å². The van der Waals surface area contributed by atoms with Gasteiger partial charge in [0, 0.05) is 17.8 Å². The van der Waals surface area contributed by atoms with Crippen LogP contribution in [0, 0.1) is 0 Å². The second kappa shape index (κ2) is 8.26. The van der Waals surface area contributed by atoms with Crippen LogP contribution in [-0.4, -0.2) is 12.8 Å². The van der Waals surface area contributed by atoms with Gasteiger partial charge in [-0.15, -0.1) is 0 Å². The van der Waals surface area contributed by atoms with Gasteiger partial charge in [0.2, 0.25) is 0 Å². The smallest absolute Gasteiger partial charge is 0.147 e. The predicted molar refractivity (Wildman–Crippen MR) is 118 cm³/mol. The van der Waals surface area contributed by atoms with Gasteiger partial charge in [0.15, 0.2) is 0 Å². The molecule has 0 saturated heterocycles. The van der Waals surface area contributed by atoms with E-state index in [-0.39, 0.29) is 6.04 Å². The zero-order valence-electron chi connectivity index (χ0n) is 16.2. The maximum Gasteiger partial charge on any atom is 0.147 e. The van der Waals surface area contributed by atoms with E-state index in [1.165, 1.54) is 11.1 Å². The third-order valence-corrected chi connectivity index (χ3v) is 5.38. The lowest BCUT2D eigenvalue weighted by atomic mass is 9.87. The van der Waals surface area contributed by atoms with Crippen LogP contribution in [-0.2, 0) is 4.79 Å². The van der Waals surface area contributed by atoms with E-state index in [2.05, 4.69) is 72.5 Å². The Morgan fingerprint density at radius 2 is 1.61 bits per heavy atom. The normalized spacial score (nSPS) is 15.3. The highest BCUT2D eigenvalue weighted by atomic mass is 16.1. The first-order valence-corrected chi connectivity index (χ1v) is 10.00. The molecule has 140 valence electrons. The third kappa shape index (κ3) is 3.50. The van der Waals surface area contributed by atoms with E-state index in [1.54, 1.807) is 0 Å². The number of rotatable bonds is 6. The van der Waals surface area contributed by atoms with Crippen LogP contribution in [0.25, 0.3) is 23.3 Å². The minimum atomic E-state index is -0.207. The number of benzene rings is 3. The molecular weight excluding hydrogens is 342 g/mol. The lowest BCUT2D eigenvalue weighted by molar-refractivity contribution is -0.109. The van der Waals surface area contributed by atoms with Gasteiger partial charge < -0.3 is 9.69 Å². The minimum Gasteiger partial charge on any atom is -0.357 e. The van der Waals surface area contributed by atoms with E-state index in [4.69, 9.17) is 0 Å². The first kappa shape index (κ1) is 18.2. The van der Waals surface area contributed by atoms with Gasteiger partial charge in [0.1, 0.15) is 12.3 Å².